The fourth-order valence-corrected chi connectivity index (χ4v) is 0.256. The molecule has 0 aromatic rings. The van der Waals surface area contributed by atoms with E-state index in [-0.39, 0.29) is 4.90 Å². The number of carbonyl (C=O) groups is 1. The van der Waals surface area contributed by atoms with Crippen LogP contribution < -0.4 is 0 Å². The molecule has 0 saturated heterocycles. The highest BCUT2D eigenvalue weighted by molar-refractivity contribution is 5.85. The Balaban J connectivity index is 3.82. The van der Waals surface area contributed by atoms with Crippen LogP contribution in [-0.4, -0.2) is 29.3 Å². The van der Waals surface area contributed by atoms with Crippen LogP contribution in [0.5, 0.6) is 0 Å². The van der Waals surface area contributed by atoms with Crippen LogP contribution in [0.15, 0.2) is 12.2 Å². The van der Waals surface area contributed by atoms with Crippen LogP contribution in [-0.2, 0) is 9.63 Å². The van der Waals surface area contributed by atoms with E-state index in [0.717, 1.165) is 18.4 Å². The van der Waals surface area contributed by atoms with Gasteiger partial charge in [-0.3, -0.25) is 5.21 Å². The first-order chi connectivity index (χ1) is 4.66. The summed E-state index contributed by atoms with van der Waals surface area (Å²) in [6.45, 7) is 0. The topological polar surface area (TPSA) is 72.6 Å². The molecule has 0 spiro atoms. The van der Waals surface area contributed by atoms with E-state index in [2.05, 4.69) is 4.84 Å². The lowest BCUT2D eigenvalue weighted by Gasteiger charge is -1.91. The lowest BCUT2D eigenvalue weighted by molar-refractivity contribution is -0.729. The van der Waals surface area contributed by atoms with Gasteiger partial charge in [-0.15, -0.1) is 0 Å². The summed E-state index contributed by atoms with van der Waals surface area (Å²) in [4.78, 5) is 14.0. The zero-order valence-corrected chi connectivity index (χ0v) is 5.35. The summed E-state index contributed by atoms with van der Waals surface area (Å²) < 4.78 is 0. The summed E-state index contributed by atoms with van der Waals surface area (Å²) in [6.07, 6.45) is 2.83. The first kappa shape index (κ1) is 8.48. The maximum absolute atomic E-state index is 10.2. The van der Waals surface area contributed by atoms with Crippen molar-refractivity contribution in [2.45, 2.75) is 0 Å². The van der Waals surface area contributed by atoms with Crippen molar-refractivity contribution in [1.29, 1.82) is 0 Å². The van der Waals surface area contributed by atoms with Gasteiger partial charge in [0.15, 0.2) is 0 Å². The molecule has 5 heteroatoms. The molecule has 10 heavy (non-hydrogen) atoms. The maximum atomic E-state index is 10.2. The van der Waals surface area contributed by atoms with Gasteiger partial charge in [0.1, 0.15) is 0 Å². The molecular formula is C5H7NO4. The van der Waals surface area contributed by atoms with Crippen LogP contribution in [0.4, 0.5) is 0 Å². The van der Waals surface area contributed by atoms with Crippen molar-refractivity contribution in [2.24, 2.45) is 0 Å². The highest BCUT2D eigenvalue weighted by atomic mass is 16.8. The molecule has 0 rings (SSSR count). The summed E-state index contributed by atoms with van der Waals surface area (Å²) in [7, 11) is 1.18. The normalized spacial score (nSPS) is 11.9. The molecule has 0 aromatic heterocycles. The average molecular weight is 145 g/mol. The zero-order valence-electron chi connectivity index (χ0n) is 5.35. The first-order valence-corrected chi connectivity index (χ1v) is 2.41. The smallest absolute Gasteiger partial charge is 0.328 e. The molecule has 0 aromatic carbocycles. The Morgan fingerprint density at radius 2 is 2.40 bits per heavy atom. The second-order valence-electron chi connectivity index (χ2n) is 1.31. The summed E-state index contributed by atoms with van der Waals surface area (Å²) in [5.74, 6) is -1.11. The third kappa shape index (κ3) is 4.63. The standard InChI is InChI=1S/C5H7NO4/c1-10-6(9)4-2-3-5(7)8/h2-4H,1H3,(H,7,8). The quantitative estimate of drug-likeness (QED) is 0.257. The number of hydrogen-bond acceptors (Lipinski definition) is 3. The first-order valence-electron chi connectivity index (χ1n) is 2.41. The van der Waals surface area contributed by atoms with Crippen molar-refractivity contribution in [3.05, 3.63) is 17.4 Å². The molecule has 0 saturated carbocycles. The van der Waals surface area contributed by atoms with Crippen molar-refractivity contribution < 1.29 is 19.6 Å². The van der Waals surface area contributed by atoms with Gasteiger partial charge in [-0.05, 0) is 0 Å². The van der Waals surface area contributed by atoms with Gasteiger partial charge in [0.2, 0.25) is 6.21 Å². The van der Waals surface area contributed by atoms with Gasteiger partial charge in [0.05, 0.1) is 0 Å². The molecule has 0 aliphatic heterocycles. The molecule has 0 heterocycles. The van der Waals surface area contributed by atoms with Crippen LogP contribution in [0, 0.1) is 5.21 Å². The Labute approximate surface area is 57.4 Å². The summed E-state index contributed by atoms with van der Waals surface area (Å²) in [6, 6.07) is 0. The number of carboxylic acid groups (broad SMARTS) is 1. The predicted octanol–water partition coefficient (Wildman–Crippen LogP) is -0.230. The lowest BCUT2D eigenvalue weighted by Crippen LogP contribution is -2.00. The Morgan fingerprint density at radius 1 is 1.80 bits per heavy atom. The van der Waals surface area contributed by atoms with Crippen molar-refractivity contribution in [1.82, 2.24) is 0 Å². The lowest BCUT2D eigenvalue weighted by atomic mass is 10.5. The highest BCUT2D eigenvalue weighted by Crippen LogP contribution is 1.70. The monoisotopic (exact) mass is 145 g/mol. The van der Waals surface area contributed by atoms with Crippen LogP contribution >= 0.6 is 0 Å². The van der Waals surface area contributed by atoms with E-state index in [1.54, 1.807) is 0 Å². The number of allylic oxidation sites excluding steroid dienone is 1. The molecule has 0 aliphatic rings. The second-order valence-corrected chi connectivity index (χ2v) is 1.31. The van der Waals surface area contributed by atoms with Crippen molar-refractivity contribution in [3.63, 3.8) is 0 Å². The average Bonchev–Trinajstić information content (AvgIpc) is 1.87. The van der Waals surface area contributed by atoms with E-state index in [9.17, 15) is 10.0 Å². The fourth-order valence-electron chi connectivity index (χ4n) is 0.256. The van der Waals surface area contributed by atoms with Crippen molar-refractivity contribution >= 4 is 12.2 Å². The Morgan fingerprint density at radius 3 is 2.80 bits per heavy atom. The minimum atomic E-state index is -1.11. The molecule has 0 bridgehead atoms. The fraction of sp³-hybridized carbons (Fsp3) is 0.200. The third-order valence-electron chi connectivity index (χ3n) is 0.627. The Bertz CT molecular complexity index is 172. The molecule has 0 fully saturated rings. The van der Waals surface area contributed by atoms with Crippen LogP contribution in [0.25, 0.3) is 0 Å². The molecule has 56 valence electrons. The Hall–Kier alpha value is -1.52. The molecule has 5 nitrogen and oxygen atoms in total. The van der Waals surface area contributed by atoms with Crippen molar-refractivity contribution in [2.75, 3.05) is 7.11 Å². The number of carboxylic acids is 1. The second kappa shape index (κ2) is 4.37. The maximum Gasteiger partial charge on any atom is 0.328 e. The number of hydrogen-bond donors (Lipinski definition) is 1. The molecule has 0 atom stereocenters. The molecule has 1 N–H and O–H groups in total. The minimum absolute atomic E-state index is 0.138. The Kier molecular flexibility index (Phi) is 3.70. The largest absolute Gasteiger partial charge is 0.478 e. The third-order valence-corrected chi connectivity index (χ3v) is 0.627. The van der Waals surface area contributed by atoms with Gasteiger partial charge < -0.3 is 9.94 Å². The van der Waals surface area contributed by atoms with Gasteiger partial charge >= 0.3 is 5.97 Å². The number of aliphatic carboxylic acids is 1. The van der Waals surface area contributed by atoms with Gasteiger partial charge in [0, 0.05) is 24.2 Å². The van der Waals surface area contributed by atoms with E-state index in [1.807, 2.05) is 0 Å². The predicted molar refractivity (Wildman–Crippen MR) is 33.5 cm³/mol. The van der Waals surface area contributed by atoms with Crippen LogP contribution in [0.3, 0.4) is 0 Å². The zero-order chi connectivity index (χ0) is 7.98. The van der Waals surface area contributed by atoms with Gasteiger partial charge in [0.25, 0.3) is 0 Å². The minimum Gasteiger partial charge on any atom is -0.478 e. The van der Waals surface area contributed by atoms with E-state index in [4.69, 9.17) is 5.11 Å². The molecule has 0 amide bonds. The van der Waals surface area contributed by atoms with E-state index < -0.39 is 5.97 Å². The highest BCUT2D eigenvalue weighted by Gasteiger charge is 1.85. The van der Waals surface area contributed by atoms with Gasteiger partial charge in [-0.2, -0.15) is 0 Å². The van der Waals surface area contributed by atoms with E-state index in [0.29, 0.717) is 0 Å². The summed E-state index contributed by atoms with van der Waals surface area (Å²) in [5.41, 5.74) is 0. The molecular weight excluding hydrogens is 138 g/mol. The number of rotatable bonds is 3. The van der Waals surface area contributed by atoms with E-state index >= 15 is 0 Å². The molecule has 0 radical (unpaired) electrons. The van der Waals surface area contributed by atoms with Crippen LogP contribution in [0.1, 0.15) is 0 Å². The SMILES string of the molecule is CO[N+]([O-])=CC=CC(=O)O. The molecule has 0 unspecified atom stereocenters. The van der Waals surface area contributed by atoms with Crippen LogP contribution in [0.2, 0.25) is 0 Å². The number of nitrogens with zero attached hydrogens (tertiary/aromatic N) is 1. The summed E-state index contributed by atoms with van der Waals surface area (Å²) >= 11 is 0. The van der Waals surface area contributed by atoms with Crippen molar-refractivity contribution in [3.8, 4) is 0 Å². The van der Waals surface area contributed by atoms with E-state index in [1.165, 1.54) is 7.11 Å². The van der Waals surface area contributed by atoms with Gasteiger partial charge in [-0.1, -0.05) is 0 Å². The molecule has 0 aliphatic carbocycles. The van der Waals surface area contributed by atoms with Gasteiger partial charge in [-0.25, -0.2) is 4.79 Å². The summed E-state index contributed by atoms with van der Waals surface area (Å²) in [5, 5.41) is 18.2.